The molecule has 0 amide bonds. The van der Waals surface area contributed by atoms with Gasteiger partial charge in [-0.1, -0.05) is 18.6 Å². The number of nitrogens with one attached hydrogen (secondary N) is 1. The van der Waals surface area contributed by atoms with E-state index in [1.54, 1.807) is 0 Å². The average Bonchev–Trinajstić information content (AvgIpc) is 2.68. The predicted molar refractivity (Wildman–Crippen MR) is 77.0 cm³/mol. The number of aromatic amines is 1. The molecule has 0 fully saturated rings. The van der Waals surface area contributed by atoms with Crippen molar-refractivity contribution in [2.45, 2.75) is 40.2 Å². The summed E-state index contributed by atoms with van der Waals surface area (Å²) in [4.78, 5) is 6.22. The SMILES string of the molecule is CCCN1CCc2[nH]c3c(C)cc(C)cc3c2C1. The molecular weight excluding hydrogens is 220 g/mol. The van der Waals surface area contributed by atoms with Crippen molar-refractivity contribution in [3.05, 3.63) is 34.5 Å². The normalized spacial score (nSPS) is 16.2. The lowest BCUT2D eigenvalue weighted by molar-refractivity contribution is 0.255. The maximum Gasteiger partial charge on any atom is 0.0489 e. The third-order valence-electron chi connectivity index (χ3n) is 4.04. The minimum absolute atomic E-state index is 1.12. The zero-order valence-corrected chi connectivity index (χ0v) is 11.6. The van der Waals surface area contributed by atoms with E-state index >= 15 is 0 Å². The summed E-state index contributed by atoms with van der Waals surface area (Å²) in [5.41, 5.74) is 7.10. The van der Waals surface area contributed by atoms with Crippen LogP contribution in [0.25, 0.3) is 10.9 Å². The summed E-state index contributed by atoms with van der Waals surface area (Å²) < 4.78 is 0. The molecule has 0 atom stereocenters. The van der Waals surface area contributed by atoms with Crippen LogP contribution in [-0.4, -0.2) is 23.0 Å². The van der Waals surface area contributed by atoms with E-state index in [9.17, 15) is 0 Å². The number of rotatable bonds is 2. The van der Waals surface area contributed by atoms with Gasteiger partial charge in [0.05, 0.1) is 0 Å². The van der Waals surface area contributed by atoms with E-state index in [0.29, 0.717) is 0 Å². The lowest BCUT2D eigenvalue weighted by atomic mass is 10.0. The molecule has 2 heteroatoms. The van der Waals surface area contributed by atoms with Crippen molar-refractivity contribution in [3.8, 4) is 0 Å². The summed E-state index contributed by atoms with van der Waals surface area (Å²) >= 11 is 0. The first kappa shape index (κ1) is 11.8. The van der Waals surface area contributed by atoms with Crippen molar-refractivity contribution < 1.29 is 0 Å². The molecule has 1 N–H and O–H groups in total. The van der Waals surface area contributed by atoms with Crippen LogP contribution in [0.3, 0.4) is 0 Å². The van der Waals surface area contributed by atoms with Gasteiger partial charge in [-0.25, -0.2) is 0 Å². The van der Waals surface area contributed by atoms with E-state index in [0.717, 1.165) is 6.54 Å². The minimum Gasteiger partial charge on any atom is -0.358 e. The van der Waals surface area contributed by atoms with Gasteiger partial charge in [0.15, 0.2) is 0 Å². The molecule has 18 heavy (non-hydrogen) atoms. The second kappa shape index (κ2) is 4.43. The molecule has 1 aromatic heterocycles. The maximum absolute atomic E-state index is 3.65. The highest BCUT2D eigenvalue weighted by Crippen LogP contribution is 2.30. The topological polar surface area (TPSA) is 19.0 Å². The molecular formula is C16H22N2. The zero-order valence-electron chi connectivity index (χ0n) is 11.6. The second-order valence-corrected chi connectivity index (χ2v) is 5.61. The van der Waals surface area contributed by atoms with Gasteiger partial charge >= 0.3 is 0 Å². The summed E-state index contributed by atoms with van der Waals surface area (Å²) in [6, 6.07) is 4.61. The molecule has 0 saturated heterocycles. The van der Waals surface area contributed by atoms with Gasteiger partial charge in [0.2, 0.25) is 0 Å². The third kappa shape index (κ3) is 1.85. The standard InChI is InChI=1S/C16H22N2/c1-4-6-18-7-5-15-14(10-18)13-9-11(2)8-12(3)16(13)17-15/h8-9,17H,4-7,10H2,1-3H3. The van der Waals surface area contributed by atoms with E-state index in [4.69, 9.17) is 0 Å². The Hall–Kier alpha value is -1.28. The number of hydrogen-bond acceptors (Lipinski definition) is 1. The Labute approximate surface area is 109 Å². The number of fused-ring (bicyclic) bond motifs is 3. The van der Waals surface area contributed by atoms with Gasteiger partial charge in [-0.05, 0) is 44.0 Å². The molecule has 2 heterocycles. The Morgan fingerprint density at radius 2 is 2.11 bits per heavy atom. The van der Waals surface area contributed by atoms with Crippen LogP contribution in [0.2, 0.25) is 0 Å². The fourth-order valence-electron chi connectivity index (χ4n) is 3.23. The molecule has 0 spiro atoms. The highest BCUT2D eigenvalue weighted by atomic mass is 15.1. The molecule has 3 rings (SSSR count). The van der Waals surface area contributed by atoms with Crippen LogP contribution in [0.4, 0.5) is 0 Å². The van der Waals surface area contributed by atoms with Gasteiger partial charge in [-0.3, -0.25) is 4.90 Å². The van der Waals surface area contributed by atoms with E-state index in [2.05, 4.69) is 42.8 Å². The lowest BCUT2D eigenvalue weighted by Gasteiger charge is -2.26. The summed E-state index contributed by atoms with van der Waals surface area (Å²) in [5.74, 6) is 0. The molecule has 1 aromatic carbocycles. The van der Waals surface area contributed by atoms with Gasteiger partial charge in [0.1, 0.15) is 0 Å². The van der Waals surface area contributed by atoms with Crippen molar-refractivity contribution in [3.63, 3.8) is 0 Å². The average molecular weight is 242 g/mol. The fraction of sp³-hybridized carbons (Fsp3) is 0.500. The number of nitrogens with zero attached hydrogens (tertiary/aromatic N) is 1. The number of aryl methyl sites for hydroxylation is 2. The van der Waals surface area contributed by atoms with E-state index < -0.39 is 0 Å². The van der Waals surface area contributed by atoms with Crippen LogP contribution >= 0.6 is 0 Å². The van der Waals surface area contributed by atoms with Crippen molar-refractivity contribution >= 4 is 10.9 Å². The third-order valence-corrected chi connectivity index (χ3v) is 4.04. The largest absolute Gasteiger partial charge is 0.358 e. The molecule has 0 aliphatic carbocycles. The fourth-order valence-corrected chi connectivity index (χ4v) is 3.23. The number of hydrogen-bond donors (Lipinski definition) is 1. The molecule has 2 aromatic rings. The van der Waals surface area contributed by atoms with Gasteiger partial charge in [0.25, 0.3) is 0 Å². The van der Waals surface area contributed by atoms with Crippen molar-refractivity contribution in [2.24, 2.45) is 0 Å². The summed E-state index contributed by atoms with van der Waals surface area (Å²) in [7, 11) is 0. The predicted octanol–water partition coefficient (Wildman–Crippen LogP) is 3.55. The smallest absolute Gasteiger partial charge is 0.0489 e. The quantitative estimate of drug-likeness (QED) is 0.853. The summed E-state index contributed by atoms with van der Waals surface area (Å²) in [6.07, 6.45) is 2.41. The van der Waals surface area contributed by atoms with Gasteiger partial charge in [0, 0.05) is 36.1 Å². The van der Waals surface area contributed by atoms with E-state index in [1.807, 2.05) is 0 Å². The molecule has 0 radical (unpaired) electrons. The van der Waals surface area contributed by atoms with Crippen molar-refractivity contribution in [1.29, 1.82) is 0 Å². The number of aromatic nitrogens is 1. The van der Waals surface area contributed by atoms with Crippen LogP contribution in [0.15, 0.2) is 12.1 Å². The zero-order chi connectivity index (χ0) is 12.7. The summed E-state index contributed by atoms with van der Waals surface area (Å²) in [5, 5.41) is 1.45. The van der Waals surface area contributed by atoms with Crippen LogP contribution in [0, 0.1) is 13.8 Å². The summed E-state index contributed by atoms with van der Waals surface area (Å²) in [6.45, 7) is 10.2. The molecule has 0 saturated carbocycles. The van der Waals surface area contributed by atoms with Crippen molar-refractivity contribution in [2.75, 3.05) is 13.1 Å². The monoisotopic (exact) mass is 242 g/mol. The molecule has 1 aliphatic rings. The first-order chi connectivity index (χ1) is 8.69. The van der Waals surface area contributed by atoms with E-state index in [-0.39, 0.29) is 0 Å². The Bertz CT molecular complexity index is 580. The highest BCUT2D eigenvalue weighted by Gasteiger charge is 2.20. The Morgan fingerprint density at radius 1 is 1.28 bits per heavy atom. The molecule has 96 valence electrons. The Kier molecular flexibility index (Phi) is 2.90. The first-order valence-corrected chi connectivity index (χ1v) is 7.02. The molecule has 1 aliphatic heterocycles. The Morgan fingerprint density at radius 3 is 2.89 bits per heavy atom. The Balaban J connectivity index is 2.09. The second-order valence-electron chi connectivity index (χ2n) is 5.61. The van der Waals surface area contributed by atoms with Gasteiger partial charge < -0.3 is 4.98 Å². The van der Waals surface area contributed by atoms with Crippen LogP contribution in [-0.2, 0) is 13.0 Å². The molecule has 2 nitrogen and oxygen atoms in total. The number of H-pyrrole nitrogens is 1. The van der Waals surface area contributed by atoms with Gasteiger partial charge in [-0.2, -0.15) is 0 Å². The first-order valence-electron chi connectivity index (χ1n) is 7.02. The van der Waals surface area contributed by atoms with Gasteiger partial charge in [-0.15, -0.1) is 0 Å². The van der Waals surface area contributed by atoms with Crippen LogP contribution < -0.4 is 0 Å². The van der Waals surface area contributed by atoms with E-state index in [1.165, 1.54) is 59.2 Å². The maximum atomic E-state index is 3.65. The number of benzene rings is 1. The minimum atomic E-state index is 1.12. The lowest BCUT2D eigenvalue weighted by Crippen LogP contribution is -2.30. The highest BCUT2D eigenvalue weighted by molar-refractivity contribution is 5.88. The molecule has 0 unspecified atom stereocenters. The van der Waals surface area contributed by atoms with Crippen LogP contribution in [0.5, 0.6) is 0 Å². The van der Waals surface area contributed by atoms with Crippen LogP contribution in [0.1, 0.15) is 35.7 Å². The van der Waals surface area contributed by atoms with Crippen molar-refractivity contribution in [1.82, 2.24) is 9.88 Å². The molecule has 0 bridgehead atoms.